The third kappa shape index (κ3) is 2.84. The van der Waals surface area contributed by atoms with Gasteiger partial charge in [-0.15, -0.1) is 0 Å². The largest absolute Gasteiger partial charge is 0.370 e. The van der Waals surface area contributed by atoms with Crippen LogP contribution in [0.5, 0.6) is 0 Å². The molecule has 1 aliphatic heterocycles. The van der Waals surface area contributed by atoms with E-state index in [0.717, 1.165) is 23.2 Å². The molecule has 0 aliphatic carbocycles. The van der Waals surface area contributed by atoms with Crippen LogP contribution in [0.2, 0.25) is 0 Å². The Morgan fingerprint density at radius 1 is 1.56 bits per heavy atom. The topological polar surface area (TPSA) is 58.4 Å². The Morgan fingerprint density at radius 2 is 2.33 bits per heavy atom. The summed E-state index contributed by atoms with van der Waals surface area (Å²) < 4.78 is 0.753. The van der Waals surface area contributed by atoms with E-state index in [4.69, 9.17) is 5.73 Å². The van der Waals surface area contributed by atoms with Crippen molar-refractivity contribution in [3.63, 3.8) is 0 Å². The fraction of sp³-hybridized carbons (Fsp3) is 0.462. The normalized spacial score (nSPS) is 19.6. The summed E-state index contributed by atoms with van der Waals surface area (Å²) in [5.41, 5.74) is 6.91. The van der Waals surface area contributed by atoms with Crippen LogP contribution in [-0.4, -0.2) is 32.1 Å². The number of amides is 1. The predicted octanol–water partition coefficient (Wildman–Crippen LogP) is 1.74. The number of nitrogens with zero attached hydrogens (tertiary/aromatic N) is 1. The number of anilines is 1. The molecule has 0 spiro atoms. The van der Waals surface area contributed by atoms with Crippen LogP contribution in [0, 0.1) is 0 Å². The lowest BCUT2D eigenvalue weighted by Gasteiger charge is -2.33. The van der Waals surface area contributed by atoms with Gasteiger partial charge in [0.25, 0.3) is 0 Å². The molecular formula is C13H18BrN3O. The number of halogens is 1. The first-order valence-electron chi connectivity index (χ1n) is 6.12. The molecule has 1 aliphatic rings. The third-order valence-corrected chi connectivity index (χ3v) is 4.10. The van der Waals surface area contributed by atoms with E-state index in [0.29, 0.717) is 11.6 Å². The number of piperidine rings is 1. The van der Waals surface area contributed by atoms with Crippen LogP contribution in [0.25, 0.3) is 0 Å². The number of nitrogens with two attached hydrogens (primary N) is 1. The summed E-state index contributed by atoms with van der Waals surface area (Å²) >= 11 is 3.40. The highest BCUT2D eigenvalue weighted by atomic mass is 79.9. The lowest BCUT2D eigenvalue weighted by Crippen LogP contribution is -2.44. The van der Waals surface area contributed by atoms with Crippen LogP contribution < -0.4 is 16.0 Å². The van der Waals surface area contributed by atoms with Crippen LogP contribution >= 0.6 is 15.9 Å². The number of hydrogen-bond donors (Lipinski definition) is 2. The molecule has 5 heteroatoms. The molecule has 1 aromatic carbocycles. The summed E-state index contributed by atoms with van der Waals surface area (Å²) in [5.74, 6) is -0.407. The smallest absolute Gasteiger partial charge is 0.249 e. The molecule has 98 valence electrons. The van der Waals surface area contributed by atoms with Crippen molar-refractivity contribution in [3.8, 4) is 0 Å². The fourth-order valence-corrected chi connectivity index (χ4v) is 2.86. The molecule has 1 aromatic rings. The van der Waals surface area contributed by atoms with Crippen molar-refractivity contribution in [2.24, 2.45) is 5.73 Å². The number of primary amides is 1. The van der Waals surface area contributed by atoms with E-state index in [2.05, 4.69) is 33.2 Å². The van der Waals surface area contributed by atoms with Crippen molar-refractivity contribution in [1.82, 2.24) is 5.32 Å². The number of carbonyl (C=O) groups excluding carboxylic acids is 1. The molecule has 3 N–H and O–H groups in total. The standard InChI is InChI=1S/C13H18BrN3O/c1-17(10-3-2-6-16-8-10)9-4-5-11(13(15)18)12(14)7-9/h4-5,7,10,16H,2-3,6,8H2,1H3,(H2,15,18). The first-order valence-corrected chi connectivity index (χ1v) is 6.92. The molecule has 1 unspecified atom stereocenters. The number of rotatable bonds is 3. The Bertz CT molecular complexity index is 444. The number of carbonyl (C=O) groups is 1. The van der Waals surface area contributed by atoms with Gasteiger partial charge in [0, 0.05) is 29.8 Å². The Kier molecular flexibility index (Phi) is 4.24. The molecule has 1 heterocycles. The van der Waals surface area contributed by atoms with Crippen LogP contribution in [0.3, 0.4) is 0 Å². The molecule has 1 atom stereocenters. The van der Waals surface area contributed by atoms with Crippen LogP contribution in [0.4, 0.5) is 5.69 Å². The molecule has 2 rings (SSSR count). The van der Waals surface area contributed by atoms with Gasteiger partial charge in [-0.2, -0.15) is 0 Å². The zero-order chi connectivity index (χ0) is 13.1. The summed E-state index contributed by atoms with van der Waals surface area (Å²) in [6, 6.07) is 6.17. The van der Waals surface area contributed by atoms with Gasteiger partial charge in [-0.3, -0.25) is 4.79 Å². The van der Waals surface area contributed by atoms with E-state index < -0.39 is 5.91 Å². The monoisotopic (exact) mass is 311 g/mol. The molecule has 0 aromatic heterocycles. The molecule has 18 heavy (non-hydrogen) atoms. The number of hydrogen-bond acceptors (Lipinski definition) is 3. The van der Waals surface area contributed by atoms with Gasteiger partial charge in [0.1, 0.15) is 0 Å². The summed E-state index contributed by atoms with van der Waals surface area (Å²) in [5, 5.41) is 3.40. The molecule has 1 amide bonds. The van der Waals surface area contributed by atoms with E-state index in [-0.39, 0.29) is 0 Å². The Hall–Kier alpha value is -1.07. The average Bonchev–Trinajstić information content (AvgIpc) is 2.38. The number of benzene rings is 1. The maximum Gasteiger partial charge on any atom is 0.249 e. The fourth-order valence-electron chi connectivity index (χ4n) is 2.30. The minimum Gasteiger partial charge on any atom is -0.370 e. The van der Waals surface area contributed by atoms with Crippen molar-refractivity contribution in [2.45, 2.75) is 18.9 Å². The van der Waals surface area contributed by atoms with Gasteiger partial charge in [-0.1, -0.05) is 0 Å². The van der Waals surface area contributed by atoms with Gasteiger partial charge in [0.15, 0.2) is 0 Å². The van der Waals surface area contributed by atoms with Crippen molar-refractivity contribution >= 4 is 27.5 Å². The lowest BCUT2D eigenvalue weighted by molar-refractivity contribution is 0.0999. The van der Waals surface area contributed by atoms with Crippen molar-refractivity contribution < 1.29 is 4.79 Å². The maximum absolute atomic E-state index is 11.2. The number of likely N-dealkylation sites (N-methyl/N-ethyl adjacent to an activating group) is 1. The van der Waals surface area contributed by atoms with E-state index in [9.17, 15) is 4.79 Å². The maximum atomic E-state index is 11.2. The van der Waals surface area contributed by atoms with Crippen LogP contribution in [0.15, 0.2) is 22.7 Å². The first kappa shape index (κ1) is 13.4. The summed E-state index contributed by atoms with van der Waals surface area (Å²) in [4.78, 5) is 13.4. The second-order valence-corrected chi connectivity index (χ2v) is 5.49. The minimum atomic E-state index is -0.407. The molecule has 0 saturated carbocycles. The highest BCUT2D eigenvalue weighted by Crippen LogP contribution is 2.25. The second-order valence-electron chi connectivity index (χ2n) is 4.64. The zero-order valence-corrected chi connectivity index (χ0v) is 12.0. The highest BCUT2D eigenvalue weighted by molar-refractivity contribution is 9.10. The molecule has 0 bridgehead atoms. The van der Waals surface area contributed by atoms with Gasteiger partial charge in [0.2, 0.25) is 5.91 Å². The van der Waals surface area contributed by atoms with Gasteiger partial charge in [-0.25, -0.2) is 0 Å². The first-order chi connectivity index (χ1) is 8.59. The molecule has 1 fully saturated rings. The number of nitrogens with one attached hydrogen (secondary N) is 1. The Balaban J connectivity index is 2.17. The highest BCUT2D eigenvalue weighted by Gasteiger charge is 2.18. The van der Waals surface area contributed by atoms with Crippen molar-refractivity contribution in [3.05, 3.63) is 28.2 Å². The Labute approximate surface area is 116 Å². The summed E-state index contributed by atoms with van der Waals surface area (Å²) in [7, 11) is 2.09. The lowest BCUT2D eigenvalue weighted by atomic mass is 10.1. The molecular weight excluding hydrogens is 294 g/mol. The molecule has 4 nitrogen and oxygen atoms in total. The average molecular weight is 312 g/mol. The zero-order valence-electron chi connectivity index (χ0n) is 10.4. The SMILES string of the molecule is CN(c1ccc(C(N)=O)c(Br)c1)C1CCCNC1. The van der Waals surface area contributed by atoms with E-state index in [1.807, 2.05) is 12.1 Å². The summed E-state index contributed by atoms with van der Waals surface area (Å²) in [6.07, 6.45) is 2.40. The molecule has 0 radical (unpaired) electrons. The van der Waals surface area contributed by atoms with E-state index in [1.54, 1.807) is 6.07 Å². The van der Waals surface area contributed by atoms with Gasteiger partial charge < -0.3 is 16.0 Å². The van der Waals surface area contributed by atoms with Gasteiger partial charge >= 0.3 is 0 Å². The van der Waals surface area contributed by atoms with Crippen molar-refractivity contribution in [2.75, 3.05) is 25.0 Å². The van der Waals surface area contributed by atoms with Gasteiger partial charge in [0.05, 0.1) is 5.56 Å². The second kappa shape index (κ2) is 5.71. The summed E-state index contributed by atoms with van der Waals surface area (Å²) in [6.45, 7) is 2.11. The van der Waals surface area contributed by atoms with Gasteiger partial charge in [-0.05, 0) is 53.5 Å². The Morgan fingerprint density at radius 3 is 2.89 bits per heavy atom. The predicted molar refractivity (Wildman–Crippen MR) is 77.0 cm³/mol. The third-order valence-electron chi connectivity index (χ3n) is 3.44. The van der Waals surface area contributed by atoms with Crippen molar-refractivity contribution in [1.29, 1.82) is 0 Å². The minimum absolute atomic E-state index is 0.407. The molecule has 1 saturated heterocycles. The van der Waals surface area contributed by atoms with Crippen LogP contribution in [0.1, 0.15) is 23.2 Å². The van der Waals surface area contributed by atoms with Crippen LogP contribution in [-0.2, 0) is 0 Å². The van der Waals surface area contributed by atoms with E-state index in [1.165, 1.54) is 12.8 Å². The van der Waals surface area contributed by atoms with E-state index >= 15 is 0 Å². The quantitative estimate of drug-likeness (QED) is 0.894.